The molecule has 13 heteroatoms. The molecule has 4 heterocycles. The Bertz CT molecular complexity index is 1760. The molecule has 3 amide bonds. The van der Waals surface area contributed by atoms with Crippen LogP contribution in [0, 0.1) is 0 Å². The molecule has 0 spiro atoms. The maximum absolute atomic E-state index is 13.1. The molecule has 2 aromatic carbocycles. The van der Waals surface area contributed by atoms with Gasteiger partial charge in [-0.15, -0.1) is 0 Å². The fourth-order valence-corrected chi connectivity index (χ4v) is 5.95. The number of fused-ring (bicyclic) bond motifs is 1. The summed E-state index contributed by atoms with van der Waals surface area (Å²) in [5, 5.41) is 10.6. The standard InChI is InChI=1S/C32H31F3N6O4/c1-45-28-14-26-22(13-27(28)37-30(43)20-3-2-4-23(12-20)32(33,34)35)18-41(39-26)24-7-9-40(10-8-24)17-19-11-21(16-36-15-19)25-5-6-29(42)38-31(25)44/h2-4,11-16,18,24-25H,5-10,17H2,1H3,(H,37,43)(H,38,42,44). The van der Waals surface area contributed by atoms with Gasteiger partial charge in [-0.3, -0.25) is 34.3 Å². The summed E-state index contributed by atoms with van der Waals surface area (Å²) in [6, 6.07) is 9.81. The van der Waals surface area contributed by atoms with E-state index in [0.717, 1.165) is 54.6 Å². The van der Waals surface area contributed by atoms with Crippen molar-refractivity contribution in [3.05, 3.63) is 83.3 Å². The average molecular weight is 621 g/mol. The van der Waals surface area contributed by atoms with Gasteiger partial charge in [0.2, 0.25) is 11.8 Å². The molecule has 45 heavy (non-hydrogen) atoms. The molecule has 2 aliphatic rings. The molecule has 0 aliphatic carbocycles. The van der Waals surface area contributed by atoms with Crippen molar-refractivity contribution in [2.24, 2.45) is 0 Å². The number of ether oxygens (including phenoxy) is 1. The van der Waals surface area contributed by atoms with Gasteiger partial charge in [-0.1, -0.05) is 12.1 Å². The van der Waals surface area contributed by atoms with Crippen LogP contribution in [-0.4, -0.2) is 57.6 Å². The van der Waals surface area contributed by atoms with Gasteiger partial charge in [0.1, 0.15) is 5.75 Å². The van der Waals surface area contributed by atoms with Crippen LogP contribution < -0.4 is 15.4 Å². The fourth-order valence-electron chi connectivity index (χ4n) is 5.95. The van der Waals surface area contributed by atoms with Crippen LogP contribution in [0.25, 0.3) is 10.9 Å². The van der Waals surface area contributed by atoms with Gasteiger partial charge >= 0.3 is 6.18 Å². The zero-order valence-corrected chi connectivity index (χ0v) is 24.4. The Morgan fingerprint density at radius 2 is 1.89 bits per heavy atom. The van der Waals surface area contributed by atoms with E-state index >= 15 is 0 Å². The quantitative estimate of drug-likeness (QED) is 0.277. The van der Waals surface area contributed by atoms with Crippen molar-refractivity contribution in [2.45, 2.75) is 50.4 Å². The molecular weight excluding hydrogens is 589 g/mol. The molecule has 10 nitrogen and oxygen atoms in total. The maximum Gasteiger partial charge on any atom is 0.416 e. The van der Waals surface area contributed by atoms with Crippen LogP contribution in [0.2, 0.25) is 0 Å². The summed E-state index contributed by atoms with van der Waals surface area (Å²) in [5.41, 5.74) is 1.80. The number of nitrogens with zero attached hydrogens (tertiary/aromatic N) is 4. The number of imide groups is 1. The second-order valence-corrected chi connectivity index (χ2v) is 11.4. The summed E-state index contributed by atoms with van der Waals surface area (Å²) in [5.74, 6) is -1.23. The van der Waals surface area contributed by atoms with E-state index < -0.39 is 17.6 Å². The summed E-state index contributed by atoms with van der Waals surface area (Å²) in [4.78, 5) is 43.3. The Hall–Kier alpha value is -4.78. The van der Waals surface area contributed by atoms with Crippen molar-refractivity contribution in [2.75, 3.05) is 25.5 Å². The van der Waals surface area contributed by atoms with Crippen molar-refractivity contribution in [3.8, 4) is 5.75 Å². The Morgan fingerprint density at radius 3 is 2.62 bits per heavy atom. The molecule has 2 saturated heterocycles. The minimum Gasteiger partial charge on any atom is -0.494 e. The number of pyridine rings is 1. The number of amides is 3. The van der Waals surface area contributed by atoms with Crippen molar-refractivity contribution in [1.29, 1.82) is 0 Å². The largest absolute Gasteiger partial charge is 0.494 e. The van der Waals surface area contributed by atoms with Crippen molar-refractivity contribution in [3.63, 3.8) is 0 Å². The van der Waals surface area contributed by atoms with E-state index in [2.05, 4.69) is 20.5 Å². The first-order valence-corrected chi connectivity index (χ1v) is 14.6. The Balaban J connectivity index is 1.11. The molecule has 4 aromatic rings. The number of anilines is 1. The van der Waals surface area contributed by atoms with Crippen LogP contribution in [-0.2, 0) is 22.3 Å². The highest BCUT2D eigenvalue weighted by Gasteiger charge is 2.31. The lowest BCUT2D eigenvalue weighted by Crippen LogP contribution is -2.39. The molecule has 1 atom stereocenters. The third-order valence-electron chi connectivity index (χ3n) is 8.34. The van der Waals surface area contributed by atoms with Crippen LogP contribution in [0.15, 0.2) is 61.1 Å². The van der Waals surface area contributed by atoms with Crippen LogP contribution in [0.4, 0.5) is 18.9 Å². The van der Waals surface area contributed by atoms with E-state index in [-0.39, 0.29) is 29.3 Å². The van der Waals surface area contributed by atoms with Crippen LogP contribution in [0.5, 0.6) is 5.75 Å². The number of nitrogens with one attached hydrogen (secondary N) is 2. The van der Waals surface area contributed by atoms with E-state index in [0.29, 0.717) is 36.3 Å². The predicted molar refractivity (Wildman–Crippen MR) is 159 cm³/mol. The smallest absolute Gasteiger partial charge is 0.416 e. The number of benzene rings is 2. The molecule has 2 aromatic heterocycles. The van der Waals surface area contributed by atoms with Crippen molar-refractivity contribution >= 4 is 34.3 Å². The number of methoxy groups -OCH3 is 1. The Kier molecular flexibility index (Phi) is 8.28. The van der Waals surface area contributed by atoms with Gasteiger partial charge in [0, 0.05) is 61.7 Å². The topological polar surface area (TPSA) is 118 Å². The average Bonchev–Trinajstić information content (AvgIpc) is 3.43. The molecule has 234 valence electrons. The van der Waals surface area contributed by atoms with E-state index in [1.165, 1.54) is 19.2 Å². The third kappa shape index (κ3) is 6.68. The second-order valence-electron chi connectivity index (χ2n) is 11.4. The van der Waals surface area contributed by atoms with Crippen LogP contribution in [0.1, 0.15) is 64.7 Å². The summed E-state index contributed by atoms with van der Waals surface area (Å²) < 4.78 is 46.8. The zero-order chi connectivity index (χ0) is 31.7. The van der Waals surface area contributed by atoms with Crippen LogP contribution >= 0.6 is 0 Å². The Morgan fingerprint density at radius 1 is 1.09 bits per heavy atom. The third-order valence-corrected chi connectivity index (χ3v) is 8.34. The highest BCUT2D eigenvalue weighted by molar-refractivity contribution is 6.06. The molecule has 2 N–H and O–H groups in total. The molecule has 6 rings (SSSR count). The fraction of sp³-hybridized carbons (Fsp3) is 0.344. The van der Waals surface area contributed by atoms with E-state index in [4.69, 9.17) is 9.84 Å². The molecule has 0 radical (unpaired) electrons. The van der Waals surface area contributed by atoms with E-state index in [1.54, 1.807) is 24.5 Å². The summed E-state index contributed by atoms with van der Waals surface area (Å²) >= 11 is 0. The summed E-state index contributed by atoms with van der Waals surface area (Å²) in [6.07, 6.45) is 3.34. The van der Waals surface area contributed by atoms with Crippen molar-refractivity contribution < 1.29 is 32.3 Å². The van der Waals surface area contributed by atoms with Gasteiger partial charge in [-0.2, -0.15) is 18.3 Å². The van der Waals surface area contributed by atoms with E-state index in [9.17, 15) is 27.6 Å². The summed E-state index contributed by atoms with van der Waals surface area (Å²) in [6.45, 7) is 2.34. The number of piperidine rings is 2. The van der Waals surface area contributed by atoms with Gasteiger partial charge in [0.15, 0.2) is 0 Å². The number of hydrogen-bond donors (Lipinski definition) is 2. The lowest BCUT2D eigenvalue weighted by atomic mass is 9.91. The van der Waals surface area contributed by atoms with Gasteiger partial charge in [0.05, 0.1) is 35.8 Å². The first-order valence-electron chi connectivity index (χ1n) is 14.6. The molecule has 2 aliphatic heterocycles. The number of alkyl halides is 3. The number of halogens is 3. The SMILES string of the molecule is COc1cc2nn(C3CCN(Cc4cncc(C5CCC(=O)NC5=O)c4)CC3)cc2cc1NC(=O)c1cccc(C(F)(F)F)c1. The molecule has 2 fully saturated rings. The lowest BCUT2D eigenvalue weighted by molar-refractivity contribution is -0.138. The van der Waals surface area contributed by atoms with Crippen molar-refractivity contribution in [1.82, 2.24) is 25.0 Å². The normalized spacial score (nSPS) is 18.2. The van der Waals surface area contributed by atoms with Gasteiger partial charge in [-0.25, -0.2) is 0 Å². The monoisotopic (exact) mass is 620 g/mol. The number of likely N-dealkylation sites (tertiary alicyclic amines) is 1. The number of aromatic nitrogens is 3. The van der Waals surface area contributed by atoms with E-state index in [1.807, 2.05) is 16.9 Å². The maximum atomic E-state index is 13.1. The highest BCUT2D eigenvalue weighted by Crippen LogP contribution is 2.34. The van der Waals surface area contributed by atoms with Gasteiger partial charge in [0.25, 0.3) is 5.91 Å². The number of carbonyl (C=O) groups excluding carboxylic acids is 3. The Labute approximate surface area is 256 Å². The zero-order valence-electron chi connectivity index (χ0n) is 24.4. The molecule has 1 unspecified atom stereocenters. The molecule has 0 bridgehead atoms. The van der Waals surface area contributed by atoms with Crippen LogP contribution in [0.3, 0.4) is 0 Å². The molecular formula is C32H31F3N6O4. The summed E-state index contributed by atoms with van der Waals surface area (Å²) in [7, 11) is 1.45. The first-order chi connectivity index (χ1) is 21.6. The minimum absolute atomic E-state index is 0.118. The number of hydrogen-bond acceptors (Lipinski definition) is 7. The molecule has 0 saturated carbocycles. The number of rotatable bonds is 7. The highest BCUT2D eigenvalue weighted by atomic mass is 19.4. The van der Waals surface area contributed by atoms with Gasteiger partial charge in [-0.05, 0) is 54.7 Å². The first kappa shape index (κ1) is 30.3. The predicted octanol–water partition coefficient (Wildman–Crippen LogP) is 5.07. The lowest BCUT2D eigenvalue weighted by Gasteiger charge is -2.32. The van der Waals surface area contributed by atoms with Gasteiger partial charge < -0.3 is 10.1 Å². The second kappa shape index (κ2) is 12.3. The minimum atomic E-state index is -4.56. The number of carbonyl (C=O) groups is 3.